The van der Waals surface area contributed by atoms with E-state index in [-0.39, 0.29) is 0 Å². The summed E-state index contributed by atoms with van der Waals surface area (Å²) in [4.78, 5) is 7.79. The Morgan fingerprint density at radius 1 is 0.933 bits per heavy atom. The summed E-state index contributed by atoms with van der Waals surface area (Å²) < 4.78 is 1.61. The van der Waals surface area contributed by atoms with Crippen LogP contribution in [0.4, 0.5) is 0 Å². The van der Waals surface area contributed by atoms with Crippen molar-refractivity contribution in [3.63, 3.8) is 0 Å². The second-order valence-corrected chi connectivity index (χ2v) is 2.44. The molecule has 0 aliphatic carbocycles. The van der Waals surface area contributed by atoms with Gasteiger partial charge in [0.05, 0.1) is 12.4 Å². The molecule has 0 spiro atoms. The van der Waals surface area contributed by atoms with Crippen molar-refractivity contribution in [1.82, 2.24) is 35.0 Å². The first-order chi connectivity index (χ1) is 7.47. The van der Waals surface area contributed by atoms with Crippen molar-refractivity contribution in [2.45, 2.75) is 0 Å². The van der Waals surface area contributed by atoms with Crippen molar-refractivity contribution in [3.8, 4) is 0 Å². The minimum Gasteiger partial charge on any atom is -0.220 e. The number of hydrogen-bond donors (Lipinski definition) is 0. The quantitative estimate of drug-likeness (QED) is 0.509. The maximum atomic E-state index is 3.93. The Morgan fingerprint density at radius 3 is 2.40 bits per heavy atom. The highest BCUT2D eigenvalue weighted by Gasteiger charge is 1.88. The van der Waals surface area contributed by atoms with Crippen LogP contribution in [0.3, 0.4) is 0 Å². The standard InChI is InChI=1S/C5H4N4.C3H3N3/c1-2-6-5-7-4-8-9(5)3-1;1-2-4-6-5-3-1/h1-4H;1-3H. The van der Waals surface area contributed by atoms with Crippen LogP contribution in [0.5, 0.6) is 0 Å². The van der Waals surface area contributed by atoms with Gasteiger partial charge in [-0.3, -0.25) is 0 Å². The van der Waals surface area contributed by atoms with E-state index in [9.17, 15) is 0 Å². The molecule has 3 heterocycles. The largest absolute Gasteiger partial charge is 0.252 e. The average molecular weight is 201 g/mol. The van der Waals surface area contributed by atoms with Crippen LogP contribution in [0.15, 0.2) is 43.2 Å². The van der Waals surface area contributed by atoms with E-state index in [1.54, 1.807) is 35.4 Å². The normalized spacial score (nSPS) is 9.33. The van der Waals surface area contributed by atoms with Crippen LogP contribution < -0.4 is 0 Å². The highest BCUT2D eigenvalue weighted by Crippen LogP contribution is 1.87. The highest BCUT2D eigenvalue weighted by molar-refractivity contribution is 5.21. The molecule has 0 bridgehead atoms. The van der Waals surface area contributed by atoms with Gasteiger partial charge in [0.2, 0.25) is 0 Å². The summed E-state index contributed by atoms with van der Waals surface area (Å²) in [6.07, 6.45) is 8.11. The van der Waals surface area contributed by atoms with Crippen LogP contribution in [0.25, 0.3) is 5.78 Å². The lowest BCUT2D eigenvalue weighted by molar-refractivity contribution is 0.865. The van der Waals surface area contributed by atoms with Gasteiger partial charge in [0.25, 0.3) is 5.78 Å². The van der Waals surface area contributed by atoms with Crippen LogP contribution >= 0.6 is 0 Å². The Labute approximate surface area is 84.8 Å². The van der Waals surface area contributed by atoms with Crippen LogP contribution in [0.2, 0.25) is 0 Å². The zero-order chi connectivity index (χ0) is 10.3. The fraction of sp³-hybridized carbons (Fsp3) is 0. The van der Waals surface area contributed by atoms with Crippen LogP contribution in [-0.4, -0.2) is 35.0 Å². The van der Waals surface area contributed by atoms with E-state index in [4.69, 9.17) is 0 Å². The number of hydrogen-bond acceptors (Lipinski definition) is 6. The molecule has 7 heteroatoms. The zero-order valence-electron chi connectivity index (χ0n) is 7.67. The molecule has 0 N–H and O–H groups in total. The number of fused-ring (bicyclic) bond motifs is 1. The predicted molar refractivity (Wildman–Crippen MR) is 50.6 cm³/mol. The molecule has 3 aromatic rings. The lowest BCUT2D eigenvalue weighted by atomic mass is 10.7. The van der Waals surface area contributed by atoms with Crippen molar-refractivity contribution < 1.29 is 0 Å². The topological polar surface area (TPSA) is 81.8 Å². The Morgan fingerprint density at radius 2 is 1.80 bits per heavy atom. The van der Waals surface area contributed by atoms with Gasteiger partial charge in [0, 0.05) is 12.4 Å². The first-order valence-corrected chi connectivity index (χ1v) is 4.15. The minimum absolute atomic E-state index is 0.637. The van der Waals surface area contributed by atoms with E-state index in [0.29, 0.717) is 5.78 Å². The molecule has 3 rings (SSSR count). The average Bonchev–Trinajstić information content (AvgIpc) is 2.80. The fourth-order valence-electron chi connectivity index (χ4n) is 0.876. The van der Waals surface area contributed by atoms with Crippen LogP contribution in [0, 0.1) is 0 Å². The van der Waals surface area contributed by atoms with Crippen molar-refractivity contribution >= 4 is 5.78 Å². The predicted octanol–water partition coefficient (Wildman–Crippen LogP) is -0.00410. The SMILES string of the molecule is c1cnc2ncnn2c1.c1cnnnc1. The third-order valence-corrected chi connectivity index (χ3v) is 1.47. The van der Waals surface area contributed by atoms with Gasteiger partial charge < -0.3 is 0 Å². The van der Waals surface area contributed by atoms with Crippen molar-refractivity contribution in [2.75, 3.05) is 0 Å². The van der Waals surface area contributed by atoms with Gasteiger partial charge in [-0.1, -0.05) is 0 Å². The van der Waals surface area contributed by atoms with Crippen molar-refractivity contribution in [3.05, 3.63) is 43.2 Å². The molecule has 7 nitrogen and oxygen atoms in total. The van der Waals surface area contributed by atoms with E-state index in [1.165, 1.54) is 6.33 Å². The summed E-state index contributed by atoms with van der Waals surface area (Å²) in [5, 5.41) is 14.0. The molecule has 0 fully saturated rings. The molecule has 0 aliphatic heterocycles. The molecule has 0 saturated heterocycles. The summed E-state index contributed by atoms with van der Waals surface area (Å²) in [6.45, 7) is 0. The smallest absolute Gasteiger partial charge is 0.220 e. The molecule has 3 aromatic heterocycles. The molecule has 0 aromatic carbocycles. The molecule has 0 aliphatic rings. The van der Waals surface area contributed by atoms with Crippen molar-refractivity contribution in [1.29, 1.82) is 0 Å². The van der Waals surface area contributed by atoms with Gasteiger partial charge in [0.1, 0.15) is 6.33 Å². The van der Waals surface area contributed by atoms with Gasteiger partial charge in [-0.05, 0) is 17.3 Å². The maximum Gasteiger partial charge on any atom is 0.252 e. The molecular formula is C8H7N7. The van der Waals surface area contributed by atoms with Gasteiger partial charge in [-0.2, -0.15) is 10.1 Å². The number of nitrogens with zero attached hydrogens (tertiary/aromatic N) is 7. The Hall–Kier alpha value is -2.44. The van der Waals surface area contributed by atoms with Gasteiger partial charge >= 0.3 is 0 Å². The summed E-state index contributed by atoms with van der Waals surface area (Å²) in [5.74, 6) is 0.637. The van der Waals surface area contributed by atoms with E-state index >= 15 is 0 Å². The summed E-state index contributed by atoms with van der Waals surface area (Å²) in [5.41, 5.74) is 0. The first kappa shape index (κ1) is 9.13. The second-order valence-electron chi connectivity index (χ2n) is 2.44. The van der Waals surface area contributed by atoms with Crippen LogP contribution in [0.1, 0.15) is 0 Å². The van der Waals surface area contributed by atoms with E-state index in [2.05, 4.69) is 30.5 Å². The minimum atomic E-state index is 0.637. The highest BCUT2D eigenvalue weighted by atomic mass is 15.3. The summed E-state index contributed by atoms with van der Waals surface area (Å²) in [6, 6.07) is 3.52. The number of aromatic nitrogens is 7. The Balaban J connectivity index is 0.000000124. The second kappa shape index (κ2) is 4.70. The van der Waals surface area contributed by atoms with Crippen LogP contribution in [-0.2, 0) is 0 Å². The van der Waals surface area contributed by atoms with Gasteiger partial charge in [-0.15, -0.1) is 10.2 Å². The molecule has 15 heavy (non-hydrogen) atoms. The maximum absolute atomic E-state index is 3.93. The van der Waals surface area contributed by atoms with E-state index in [1.807, 2.05) is 6.07 Å². The molecule has 0 unspecified atom stereocenters. The molecule has 0 saturated carbocycles. The molecule has 0 amide bonds. The number of rotatable bonds is 0. The van der Waals surface area contributed by atoms with Gasteiger partial charge in [-0.25, -0.2) is 9.50 Å². The summed E-state index contributed by atoms with van der Waals surface area (Å²) >= 11 is 0. The summed E-state index contributed by atoms with van der Waals surface area (Å²) in [7, 11) is 0. The third kappa shape index (κ3) is 2.50. The Bertz CT molecular complexity index is 449. The lowest BCUT2D eigenvalue weighted by Gasteiger charge is -1.83. The molecule has 0 atom stereocenters. The molecule has 0 radical (unpaired) electrons. The zero-order valence-corrected chi connectivity index (χ0v) is 7.67. The van der Waals surface area contributed by atoms with Crippen molar-refractivity contribution in [2.24, 2.45) is 0 Å². The van der Waals surface area contributed by atoms with E-state index < -0.39 is 0 Å². The van der Waals surface area contributed by atoms with E-state index in [0.717, 1.165) is 0 Å². The molecule has 74 valence electrons. The Kier molecular flexibility index (Phi) is 2.86. The lowest BCUT2D eigenvalue weighted by Crippen LogP contribution is -1.86. The first-order valence-electron chi connectivity index (χ1n) is 4.15. The van der Waals surface area contributed by atoms with Gasteiger partial charge in [0.15, 0.2) is 0 Å². The monoisotopic (exact) mass is 201 g/mol. The fourth-order valence-corrected chi connectivity index (χ4v) is 0.876. The molecular weight excluding hydrogens is 194 g/mol. The third-order valence-electron chi connectivity index (χ3n) is 1.47.